The van der Waals surface area contributed by atoms with E-state index < -0.39 is 0 Å². The molecule has 0 atom stereocenters. The molecule has 158 valence electrons. The molecular formula is C24H28FN3S2. The van der Waals surface area contributed by atoms with E-state index in [9.17, 15) is 4.39 Å². The predicted molar refractivity (Wildman–Crippen MR) is 132 cm³/mol. The van der Waals surface area contributed by atoms with Crippen molar-refractivity contribution in [2.24, 2.45) is 0 Å². The maximum Gasteiger partial charge on any atom is 0.123 e. The van der Waals surface area contributed by atoms with E-state index in [1.165, 1.54) is 24.8 Å². The SMILES string of the molecule is CCCSNCCSc1ccc(Nc2ccc(F)cc2)c(C=N)c1.c1ccccc1. The van der Waals surface area contributed by atoms with Gasteiger partial charge in [0.05, 0.1) is 0 Å². The Labute approximate surface area is 187 Å². The first-order valence-corrected chi connectivity index (χ1v) is 11.8. The number of hydrogen-bond donors (Lipinski definition) is 3. The van der Waals surface area contributed by atoms with Gasteiger partial charge in [0.25, 0.3) is 0 Å². The molecule has 3 N–H and O–H groups in total. The molecule has 6 heteroatoms. The quantitative estimate of drug-likeness (QED) is 0.137. The van der Waals surface area contributed by atoms with Gasteiger partial charge in [-0.05, 0) is 48.9 Å². The molecule has 0 radical (unpaired) electrons. The number of hydrogen-bond acceptors (Lipinski definition) is 5. The first kappa shape index (κ1) is 24.0. The van der Waals surface area contributed by atoms with Crippen molar-refractivity contribution in [2.75, 3.05) is 23.4 Å². The third-order valence-electron chi connectivity index (χ3n) is 3.85. The molecule has 0 saturated carbocycles. The van der Waals surface area contributed by atoms with Gasteiger partial charge in [-0.2, -0.15) is 0 Å². The third kappa shape index (κ3) is 9.48. The lowest BCUT2D eigenvalue weighted by Gasteiger charge is -2.11. The summed E-state index contributed by atoms with van der Waals surface area (Å²) in [5, 5.41) is 10.8. The van der Waals surface area contributed by atoms with E-state index in [-0.39, 0.29) is 5.82 Å². The van der Waals surface area contributed by atoms with E-state index in [0.29, 0.717) is 0 Å². The normalized spacial score (nSPS) is 10.1. The lowest BCUT2D eigenvalue weighted by Crippen LogP contribution is -2.08. The third-order valence-corrected chi connectivity index (χ3v) is 5.87. The zero-order valence-electron chi connectivity index (χ0n) is 17.1. The molecule has 3 rings (SSSR count). The standard InChI is InChI=1S/C18H22FN3S2.C6H6/c1-2-10-24-21-9-11-23-17-7-8-18(14(12-17)13-20)22-16-5-3-15(19)4-6-16;1-2-4-6-5-3-1/h3-8,12-13,20-22H,2,9-11H2,1H3;1-6H. The van der Waals surface area contributed by atoms with Crippen LogP contribution in [-0.2, 0) is 0 Å². The van der Waals surface area contributed by atoms with Crippen LogP contribution in [0.15, 0.2) is 83.8 Å². The molecule has 3 aromatic carbocycles. The molecule has 0 fully saturated rings. The summed E-state index contributed by atoms with van der Waals surface area (Å²) in [5.41, 5.74) is 2.47. The molecule has 0 aromatic heterocycles. The molecular weight excluding hydrogens is 413 g/mol. The maximum absolute atomic E-state index is 13.0. The van der Waals surface area contributed by atoms with Crippen molar-refractivity contribution in [3.8, 4) is 0 Å². The molecule has 0 aliphatic carbocycles. The zero-order valence-corrected chi connectivity index (χ0v) is 18.7. The average molecular weight is 442 g/mol. The Morgan fingerprint density at radius 2 is 1.60 bits per heavy atom. The number of halogens is 1. The minimum Gasteiger partial charge on any atom is -0.355 e. The van der Waals surface area contributed by atoms with E-state index in [1.807, 2.05) is 54.6 Å². The van der Waals surface area contributed by atoms with E-state index in [2.05, 4.69) is 17.0 Å². The number of benzene rings is 3. The highest BCUT2D eigenvalue weighted by Gasteiger charge is 2.04. The molecule has 0 amide bonds. The minimum absolute atomic E-state index is 0.259. The molecule has 0 unspecified atom stereocenters. The van der Waals surface area contributed by atoms with Crippen LogP contribution < -0.4 is 10.0 Å². The summed E-state index contributed by atoms with van der Waals surface area (Å²) in [7, 11) is 0. The Balaban J connectivity index is 0.000000456. The van der Waals surface area contributed by atoms with Crippen LogP contribution >= 0.6 is 23.7 Å². The Kier molecular flexibility index (Phi) is 11.7. The van der Waals surface area contributed by atoms with Gasteiger partial charge in [0.15, 0.2) is 0 Å². The lowest BCUT2D eigenvalue weighted by molar-refractivity contribution is 0.628. The highest BCUT2D eigenvalue weighted by molar-refractivity contribution is 7.99. The number of rotatable bonds is 10. The molecule has 0 aliphatic rings. The van der Waals surface area contributed by atoms with Gasteiger partial charge in [-0.25, -0.2) is 4.39 Å². The van der Waals surface area contributed by atoms with Gasteiger partial charge >= 0.3 is 0 Å². The second kappa shape index (κ2) is 14.7. The monoisotopic (exact) mass is 441 g/mol. The van der Waals surface area contributed by atoms with Crippen LogP contribution in [0.4, 0.5) is 15.8 Å². The van der Waals surface area contributed by atoms with Crippen LogP contribution in [0, 0.1) is 11.2 Å². The minimum atomic E-state index is -0.259. The van der Waals surface area contributed by atoms with Crippen molar-refractivity contribution in [2.45, 2.75) is 18.2 Å². The van der Waals surface area contributed by atoms with Crippen molar-refractivity contribution < 1.29 is 4.39 Å². The van der Waals surface area contributed by atoms with Gasteiger partial charge in [-0.1, -0.05) is 55.3 Å². The van der Waals surface area contributed by atoms with Crippen LogP contribution in [0.25, 0.3) is 0 Å². The first-order valence-electron chi connectivity index (χ1n) is 9.87. The smallest absolute Gasteiger partial charge is 0.123 e. The van der Waals surface area contributed by atoms with Gasteiger partial charge < -0.3 is 10.7 Å². The Morgan fingerprint density at radius 3 is 2.20 bits per heavy atom. The summed E-state index contributed by atoms with van der Waals surface area (Å²) in [6.45, 7) is 3.12. The highest BCUT2D eigenvalue weighted by atomic mass is 32.2. The fraction of sp³-hybridized carbons (Fsp3) is 0.208. The van der Waals surface area contributed by atoms with Crippen LogP contribution in [0.3, 0.4) is 0 Å². The highest BCUT2D eigenvalue weighted by Crippen LogP contribution is 2.26. The molecule has 0 heterocycles. The van der Waals surface area contributed by atoms with Crippen molar-refractivity contribution in [3.63, 3.8) is 0 Å². The van der Waals surface area contributed by atoms with Crippen molar-refractivity contribution >= 4 is 41.3 Å². The lowest BCUT2D eigenvalue weighted by atomic mass is 10.2. The average Bonchev–Trinajstić information content (AvgIpc) is 2.80. The molecule has 0 spiro atoms. The van der Waals surface area contributed by atoms with Crippen LogP contribution in [0.5, 0.6) is 0 Å². The Morgan fingerprint density at radius 1 is 0.933 bits per heavy atom. The fourth-order valence-electron chi connectivity index (χ4n) is 2.39. The van der Waals surface area contributed by atoms with E-state index in [0.717, 1.165) is 39.9 Å². The van der Waals surface area contributed by atoms with Gasteiger partial charge in [-0.15, -0.1) is 11.8 Å². The Hall–Kier alpha value is -2.28. The van der Waals surface area contributed by atoms with E-state index >= 15 is 0 Å². The van der Waals surface area contributed by atoms with Crippen LogP contribution in [0.2, 0.25) is 0 Å². The van der Waals surface area contributed by atoms with E-state index in [4.69, 9.17) is 5.41 Å². The molecule has 3 nitrogen and oxygen atoms in total. The summed E-state index contributed by atoms with van der Waals surface area (Å²) in [6.07, 6.45) is 2.52. The van der Waals surface area contributed by atoms with Crippen LogP contribution in [0.1, 0.15) is 18.9 Å². The number of anilines is 2. The fourth-order valence-corrected chi connectivity index (χ4v) is 3.93. The summed E-state index contributed by atoms with van der Waals surface area (Å²) < 4.78 is 16.3. The van der Waals surface area contributed by atoms with Crippen LogP contribution in [-0.4, -0.2) is 24.3 Å². The van der Waals surface area contributed by atoms with Gasteiger partial charge in [-0.3, -0.25) is 4.72 Å². The zero-order chi connectivity index (χ0) is 21.4. The number of thioether (sulfide) groups is 1. The molecule has 0 saturated heterocycles. The topological polar surface area (TPSA) is 47.9 Å². The van der Waals surface area contributed by atoms with Crippen molar-refractivity contribution in [3.05, 3.63) is 90.2 Å². The summed E-state index contributed by atoms with van der Waals surface area (Å²) in [6, 6.07) is 24.2. The van der Waals surface area contributed by atoms with E-state index in [1.54, 1.807) is 35.8 Å². The van der Waals surface area contributed by atoms with Crippen molar-refractivity contribution in [1.82, 2.24) is 4.72 Å². The van der Waals surface area contributed by atoms with Gasteiger partial charge in [0, 0.05) is 46.1 Å². The first-order chi connectivity index (χ1) is 14.7. The second-order valence-electron chi connectivity index (χ2n) is 6.27. The molecule has 30 heavy (non-hydrogen) atoms. The van der Waals surface area contributed by atoms with Crippen molar-refractivity contribution in [1.29, 1.82) is 5.41 Å². The largest absolute Gasteiger partial charge is 0.355 e. The number of nitrogens with one attached hydrogen (secondary N) is 3. The Bertz CT molecular complexity index is 831. The van der Waals surface area contributed by atoms with Gasteiger partial charge in [0.1, 0.15) is 5.82 Å². The predicted octanol–water partition coefficient (Wildman–Crippen LogP) is 6.99. The maximum atomic E-state index is 13.0. The summed E-state index contributed by atoms with van der Waals surface area (Å²) >= 11 is 3.53. The second-order valence-corrected chi connectivity index (χ2v) is 8.43. The van der Waals surface area contributed by atoms with Gasteiger partial charge in [0.2, 0.25) is 0 Å². The molecule has 0 aliphatic heterocycles. The summed E-state index contributed by atoms with van der Waals surface area (Å²) in [4.78, 5) is 1.14. The molecule has 3 aromatic rings. The molecule has 0 bridgehead atoms. The summed E-state index contributed by atoms with van der Waals surface area (Å²) in [5.74, 6) is 1.86.